The van der Waals surface area contributed by atoms with Crippen LogP contribution in [0.5, 0.6) is 0 Å². The van der Waals surface area contributed by atoms with Gasteiger partial charge in [-0.2, -0.15) is 0 Å². The quantitative estimate of drug-likeness (QED) is 0.749. The van der Waals surface area contributed by atoms with E-state index in [4.69, 9.17) is 16.7 Å². The number of carboxylic acid groups (broad SMARTS) is 1. The Hall–Kier alpha value is -1.60. The predicted octanol–water partition coefficient (Wildman–Crippen LogP) is 1.98. The van der Waals surface area contributed by atoms with Crippen molar-refractivity contribution >= 4 is 40.8 Å². The number of hydrogen-bond donors (Lipinski definition) is 3. The Kier molecular flexibility index (Phi) is 6.31. The van der Waals surface area contributed by atoms with E-state index in [9.17, 15) is 14.4 Å². The van der Waals surface area contributed by atoms with E-state index in [0.29, 0.717) is 4.34 Å². The van der Waals surface area contributed by atoms with E-state index >= 15 is 0 Å². The number of aliphatic carboxylic acids is 1. The first-order chi connectivity index (χ1) is 8.97. The predicted molar refractivity (Wildman–Crippen MR) is 71.2 cm³/mol. The van der Waals surface area contributed by atoms with Crippen LogP contribution in [0.15, 0.2) is 12.1 Å². The maximum absolute atomic E-state index is 11.3. The van der Waals surface area contributed by atoms with Crippen LogP contribution in [0, 0.1) is 0 Å². The number of carboxylic acids is 1. The zero-order valence-electron chi connectivity index (χ0n) is 9.94. The van der Waals surface area contributed by atoms with Crippen LogP contribution >= 0.6 is 22.9 Å². The van der Waals surface area contributed by atoms with Crippen molar-refractivity contribution in [2.24, 2.45) is 0 Å². The molecule has 0 spiro atoms. The lowest BCUT2D eigenvalue weighted by Gasteiger charge is -2.05. The second-order valence-electron chi connectivity index (χ2n) is 3.68. The van der Waals surface area contributed by atoms with Crippen LogP contribution < -0.4 is 10.6 Å². The van der Waals surface area contributed by atoms with Crippen molar-refractivity contribution in [2.45, 2.75) is 25.8 Å². The minimum Gasteiger partial charge on any atom is -0.481 e. The smallest absolute Gasteiger partial charge is 0.321 e. The average molecular weight is 305 g/mol. The normalized spacial score (nSPS) is 9.95. The van der Waals surface area contributed by atoms with Gasteiger partial charge < -0.3 is 10.4 Å². The van der Waals surface area contributed by atoms with Crippen LogP contribution in [-0.4, -0.2) is 23.0 Å². The second-order valence-corrected chi connectivity index (χ2v) is 5.48. The fourth-order valence-electron chi connectivity index (χ4n) is 1.25. The largest absolute Gasteiger partial charge is 0.481 e. The van der Waals surface area contributed by atoms with Crippen LogP contribution in [0.2, 0.25) is 4.34 Å². The molecule has 6 nitrogen and oxygen atoms in total. The van der Waals surface area contributed by atoms with Gasteiger partial charge in [0, 0.05) is 17.7 Å². The number of amides is 3. The van der Waals surface area contributed by atoms with Gasteiger partial charge in [0.05, 0.1) is 10.9 Å². The van der Waals surface area contributed by atoms with Crippen LogP contribution in [0.4, 0.5) is 4.79 Å². The first-order valence-electron chi connectivity index (χ1n) is 5.51. The van der Waals surface area contributed by atoms with Crippen molar-refractivity contribution in [3.8, 4) is 0 Å². The van der Waals surface area contributed by atoms with Crippen molar-refractivity contribution in [2.75, 3.05) is 0 Å². The van der Waals surface area contributed by atoms with E-state index in [0.717, 1.165) is 4.88 Å². The summed E-state index contributed by atoms with van der Waals surface area (Å²) >= 11 is 7.07. The maximum atomic E-state index is 11.3. The van der Waals surface area contributed by atoms with Crippen LogP contribution in [0.1, 0.15) is 24.1 Å². The van der Waals surface area contributed by atoms with Gasteiger partial charge >= 0.3 is 12.0 Å². The van der Waals surface area contributed by atoms with E-state index in [2.05, 4.69) is 10.6 Å². The number of hydrogen-bond acceptors (Lipinski definition) is 4. The summed E-state index contributed by atoms with van der Waals surface area (Å²) in [6.45, 7) is 0.283. The molecule has 0 aromatic carbocycles. The third-order valence-electron chi connectivity index (χ3n) is 2.10. The number of rotatable bonds is 6. The number of carbonyl (C=O) groups is 3. The van der Waals surface area contributed by atoms with Gasteiger partial charge in [0.25, 0.3) is 0 Å². The molecule has 1 aromatic heterocycles. The van der Waals surface area contributed by atoms with E-state index in [1.54, 1.807) is 12.1 Å². The lowest BCUT2D eigenvalue weighted by atomic mass is 10.2. The highest BCUT2D eigenvalue weighted by Gasteiger charge is 2.08. The Morgan fingerprint density at radius 1 is 1.26 bits per heavy atom. The van der Waals surface area contributed by atoms with Crippen molar-refractivity contribution in [3.63, 3.8) is 0 Å². The fourth-order valence-corrected chi connectivity index (χ4v) is 2.27. The summed E-state index contributed by atoms with van der Waals surface area (Å²) in [5.41, 5.74) is 0. The van der Waals surface area contributed by atoms with Gasteiger partial charge in [-0.15, -0.1) is 11.3 Å². The van der Waals surface area contributed by atoms with E-state index in [1.807, 2.05) is 0 Å². The molecule has 104 valence electrons. The van der Waals surface area contributed by atoms with Crippen LogP contribution in [0.25, 0.3) is 0 Å². The molecule has 1 rings (SSSR count). The molecule has 0 aliphatic heterocycles. The third-order valence-corrected chi connectivity index (χ3v) is 3.33. The molecule has 19 heavy (non-hydrogen) atoms. The monoisotopic (exact) mass is 304 g/mol. The first-order valence-corrected chi connectivity index (χ1v) is 6.70. The maximum Gasteiger partial charge on any atom is 0.321 e. The molecule has 0 radical (unpaired) electrons. The van der Waals surface area contributed by atoms with Crippen molar-refractivity contribution < 1.29 is 19.5 Å². The third kappa shape index (κ3) is 6.78. The Bertz CT molecular complexity index is 475. The van der Waals surface area contributed by atoms with Gasteiger partial charge in [0.2, 0.25) is 5.91 Å². The highest BCUT2D eigenvalue weighted by Crippen LogP contribution is 2.20. The number of imide groups is 1. The van der Waals surface area contributed by atoms with E-state index in [1.165, 1.54) is 11.3 Å². The summed E-state index contributed by atoms with van der Waals surface area (Å²) in [7, 11) is 0. The molecule has 0 unspecified atom stereocenters. The Labute approximate surface area is 118 Å². The minimum atomic E-state index is -0.966. The van der Waals surface area contributed by atoms with Crippen molar-refractivity contribution in [1.82, 2.24) is 10.6 Å². The average Bonchev–Trinajstić information content (AvgIpc) is 2.72. The fraction of sp³-hybridized carbons (Fsp3) is 0.364. The summed E-state index contributed by atoms with van der Waals surface area (Å²) in [5, 5.41) is 13.0. The molecule has 3 amide bonds. The van der Waals surface area contributed by atoms with Crippen molar-refractivity contribution in [3.05, 3.63) is 21.3 Å². The number of nitrogens with one attached hydrogen (secondary N) is 2. The molecule has 0 bridgehead atoms. The van der Waals surface area contributed by atoms with Crippen LogP contribution in [-0.2, 0) is 16.1 Å². The summed E-state index contributed by atoms with van der Waals surface area (Å²) < 4.78 is 0.627. The molecule has 0 fully saturated rings. The van der Waals surface area contributed by atoms with Gasteiger partial charge in [-0.05, 0) is 18.6 Å². The number of thiophene rings is 1. The minimum absolute atomic E-state index is 0.00451. The topological polar surface area (TPSA) is 95.5 Å². The summed E-state index contributed by atoms with van der Waals surface area (Å²) in [4.78, 5) is 33.7. The Morgan fingerprint density at radius 3 is 2.58 bits per heavy atom. The van der Waals surface area contributed by atoms with Gasteiger partial charge in [-0.3, -0.25) is 14.9 Å². The molecule has 8 heteroatoms. The summed E-state index contributed by atoms with van der Waals surface area (Å²) in [6, 6.07) is 2.89. The lowest BCUT2D eigenvalue weighted by molar-refractivity contribution is -0.137. The molecule has 0 atom stereocenters. The van der Waals surface area contributed by atoms with Gasteiger partial charge in [-0.1, -0.05) is 11.6 Å². The molecule has 0 saturated carbocycles. The molecular weight excluding hydrogens is 292 g/mol. The first kappa shape index (κ1) is 15.5. The van der Waals surface area contributed by atoms with E-state index < -0.39 is 17.9 Å². The summed E-state index contributed by atoms with van der Waals surface area (Å²) in [5.74, 6) is -1.46. The number of halogens is 1. The zero-order chi connectivity index (χ0) is 14.3. The lowest BCUT2D eigenvalue weighted by Crippen LogP contribution is -2.38. The molecular formula is C11H13ClN2O4S. The van der Waals surface area contributed by atoms with Gasteiger partial charge in [0.15, 0.2) is 0 Å². The van der Waals surface area contributed by atoms with Crippen molar-refractivity contribution in [1.29, 1.82) is 0 Å². The van der Waals surface area contributed by atoms with Gasteiger partial charge in [0.1, 0.15) is 0 Å². The SMILES string of the molecule is O=C(O)CCCC(=O)NC(=O)NCc1ccc(Cl)s1. The Balaban J connectivity index is 2.19. The standard InChI is InChI=1S/C11H13ClN2O4S/c12-8-5-4-7(19-8)6-13-11(18)14-9(15)2-1-3-10(16)17/h4-5H,1-3,6H2,(H,16,17)(H2,13,14,15,18). The zero-order valence-corrected chi connectivity index (χ0v) is 11.5. The molecule has 1 heterocycles. The highest BCUT2D eigenvalue weighted by atomic mass is 35.5. The molecule has 0 aliphatic rings. The molecule has 3 N–H and O–H groups in total. The second kappa shape index (κ2) is 7.75. The van der Waals surface area contributed by atoms with Gasteiger partial charge in [-0.25, -0.2) is 4.79 Å². The van der Waals surface area contributed by atoms with Crippen LogP contribution in [0.3, 0.4) is 0 Å². The Morgan fingerprint density at radius 2 is 2.00 bits per heavy atom. The molecule has 0 aliphatic carbocycles. The number of urea groups is 1. The summed E-state index contributed by atoms with van der Waals surface area (Å²) in [6.07, 6.45) is 0.113. The molecule has 0 saturated heterocycles. The molecule has 1 aromatic rings. The van der Waals surface area contributed by atoms with E-state index in [-0.39, 0.29) is 25.8 Å². The number of carbonyl (C=O) groups excluding carboxylic acids is 2. The highest BCUT2D eigenvalue weighted by molar-refractivity contribution is 7.16.